The summed E-state index contributed by atoms with van der Waals surface area (Å²) in [5.74, 6) is 1.54. The zero-order valence-corrected chi connectivity index (χ0v) is 22.1. The van der Waals surface area contributed by atoms with Gasteiger partial charge in [-0.25, -0.2) is 4.39 Å². The van der Waals surface area contributed by atoms with E-state index in [4.69, 9.17) is 0 Å². The second-order valence-corrected chi connectivity index (χ2v) is 12.9. The molecule has 0 saturated carbocycles. The number of rotatable bonds is 7. The standard InChI is InChI=1S/C33H31FNO2P/c34-31-19-11-10-12-27(31)24-33(37)35-22-20-26(21-23-35)32(36)25-38(28-13-4-1-5-14-28,29-15-6-2-7-16-29)30-17-8-3-9-18-30/h1-19,25-26H,20-24H2. The Kier molecular flexibility index (Phi) is 8.00. The number of hydrogen-bond donors (Lipinski definition) is 0. The van der Waals surface area contributed by atoms with Crippen LogP contribution < -0.4 is 15.9 Å². The lowest BCUT2D eigenvalue weighted by Gasteiger charge is -2.33. The fourth-order valence-corrected chi connectivity index (χ4v) is 9.15. The van der Waals surface area contributed by atoms with Gasteiger partial charge in [0.05, 0.1) is 6.42 Å². The van der Waals surface area contributed by atoms with Crippen molar-refractivity contribution in [2.24, 2.45) is 5.92 Å². The van der Waals surface area contributed by atoms with Gasteiger partial charge < -0.3 is 4.90 Å². The highest BCUT2D eigenvalue weighted by atomic mass is 31.2. The van der Waals surface area contributed by atoms with E-state index in [1.54, 1.807) is 23.1 Å². The van der Waals surface area contributed by atoms with Crippen LogP contribution >= 0.6 is 6.89 Å². The number of benzene rings is 4. The number of piperidine rings is 1. The van der Waals surface area contributed by atoms with Crippen molar-refractivity contribution in [2.75, 3.05) is 13.1 Å². The monoisotopic (exact) mass is 523 g/mol. The number of carbonyl (C=O) groups excluding carboxylic acids is 2. The van der Waals surface area contributed by atoms with Crippen LogP contribution in [-0.4, -0.2) is 35.5 Å². The molecule has 5 rings (SSSR count). The van der Waals surface area contributed by atoms with Crippen LogP contribution in [0.3, 0.4) is 0 Å². The Morgan fingerprint density at radius 2 is 1.16 bits per heavy atom. The Labute approximate surface area is 223 Å². The van der Waals surface area contributed by atoms with E-state index in [2.05, 4.69) is 36.4 Å². The minimum atomic E-state index is -2.36. The van der Waals surface area contributed by atoms with E-state index in [9.17, 15) is 14.0 Å². The van der Waals surface area contributed by atoms with Crippen LogP contribution in [0.4, 0.5) is 4.39 Å². The molecule has 1 aliphatic heterocycles. The summed E-state index contributed by atoms with van der Waals surface area (Å²) < 4.78 is 14.0. The van der Waals surface area contributed by atoms with Gasteiger partial charge in [0.25, 0.3) is 0 Å². The smallest absolute Gasteiger partial charge is 0.227 e. The van der Waals surface area contributed by atoms with Crippen LogP contribution in [-0.2, 0) is 16.0 Å². The quantitative estimate of drug-likeness (QED) is 0.321. The fraction of sp³-hybridized carbons (Fsp3) is 0.182. The molecule has 0 bridgehead atoms. The lowest BCUT2D eigenvalue weighted by atomic mass is 9.93. The molecule has 0 aromatic heterocycles. The molecule has 1 heterocycles. The second kappa shape index (κ2) is 11.8. The minimum absolute atomic E-state index is 0.0437. The number of likely N-dealkylation sites (tertiary alicyclic amines) is 1. The van der Waals surface area contributed by atoms with E-state index in [1.807, 2.05) is 60.4 Å². The van der Waals surface area contributed by atoms with Crippen molar-refractivity contribution in [3.63, 3.8) is 0 Å². The van der Waals surface area contributed by atoms with Crippen molar-refractivity contribution in [1.29, 1.82) is 0 Å². The minimum Gasteiger partial charge on any atom is -0.342 e. The van der Waals surface area contributed by atoms with Gasteiger partial charge in [0, 0.05) is 19.0 Å². The van der Waals surface area contributed by atoms with E-state index in [0.717, 1.165) is 15.9 Å². The average molecular weight is 524 g/mol. The number of Topliss-reactive ketones (excluding diaryl/α,β-unsaturated/α-hetero) is 1. The molecule has 38 heavy (non-hydrogen) atoms. The van der Waals surface area contributed by atoms with Gasteiger partial charge in [-0.1, -0.05) is 109 Å². The van der Waals surface area contributed by atoms with Crippen LogP contribution in [0.15, 0.2) is 115 Å². The van der Waals surface area contributed by atoms with Gasteiger partial charge in [-0.05, 0) is 53.1 Å². The summed E-state index contributed by atoms with van der Waals surface area (Å²) in [5.41, 5.74) is 0.409. The van der Waals surface area contributed by atoms with E-state index in [-0.39, 0.29) is 29.8 Å². The molecule has 1 aliphatic rings. The number of halogens is 1. The van der Waals surface area contributed by atoms with Gasteiger partial charge in [-0.15, -0.1) is 0 Å². The normalized spacial score (nSPS) is 14.2. The van der Waals surface area contributed by atoms with Crippen LogP contribution in [0, 0.1) is 11.7 Å². The van der Waals surface area contributed by atoms with Crippen molar-refractivity contribution in [2.45, 2.75) is 19.3 Å². The third kappa shape index (κ3) is 5.42. The summed E-state index contributed by atoms with van der Waals surface area (Å²) in [7, 11) is 0. The molecule has 1 amide bonds. The van der Waals surface area contributed by atoms with E-state index in [0.29, 0.717) is 31.5 Å². The molecule has 0 unspecified atom stereocenters. The van der Waals surface area contributed by atoms with Crippen LogP contribution in [0.25, 0.3) is 0 Å². The van der Waals surface area contributed by atoms with Gasteiger partial charge in [0.2, 0.25) is 5.91 Å². The van der Waals surface area contributed by atoms with Gasteiger partial charge in [0.15, 0.2) is 5.78 Å². The average Bonchev–Trinajstić information content (AvgIpc) is 2.98. The second-order valence-electron chi connectivity index (χ2n) is 9.68. The number of carbonyl (C=O) groups is 2. The summed E-state index contributed by atoms with van der Waals surface area (Å²) in [6.07, 6.45) is 1.26. The summed E-state index contributed by atoms with van der Waals surface area (Å²) in [6, 6.07) is 37.4. The fourth-order valence-electron chi connectivity index (χ4n) is 5.29. The maximum atomic E-state index is 14.0. The van der Waals surface area contributed by atoms with Gasteiger partial charge >= 0.3 is 0 Å². The summed E-state index contributed by atoms with van der Waals surface area (Å²) in [4.78, 5) is 28.6. The highest BCUT2D eigenvalue weighted by Gasteiger charge is 2.31. The highest BCUT2D eigenvalue weighted by Crippen LogP contribution is 2.44. The van der Waals surface area contributed by atoms with Crippen LogP contribution in [0.1, 0.15) is 18.4 Å². The lowest BCUT2D eigenvalue weighted by Crippen LogP contribution is -2.41. The van der Waals surface area contributed by atoms with E-state index < -0.39 is 6.89 Å². The predicted octanol–water partition coefficient (Wildman–Crippen LogP) is 4.97. The zero-order valence-electron chi connectivity index (χ0n) is 21.2. The molecular formula is C33H31FNO2P. The number of nitrogens with zero attached hydrogens (tertiary/aromatic N) is 1. The Morgan fingerprint density at radius 3 is 1.63 bits per heavy atom. The zero-order chi connectivity index (χ0) is 26.4. The van der Waals surface area contributed by atoms with Gasteiger partial charge in [-0.3, -0.25) is 9.59 Å². The van der Waals surface area contributed by atoms with Crippen molar-refractivity contribution < 1.29 is 14.0 Å². The molecule has 1 fully saturated rings. The largest absolute Gasteiger partial charge is 0.342 e. The number of amides is 1. The first-order valence-electron chi connectivity index (χ1n) is 13.0. The first kappa shape index (κ1) is 25.9. The third-order valence-electron chi connectivity index (χ3n) is 7.36. The summed E-state index contributed by atoms with van der Waals surface area (Å²) in [5, 5.41) is 3.43. The molecule has 3 nitrogen and oxygen atoms in total. The van der Waals surface area contributed by atoms with E-state index >= 15 is 0 Å². The van der Waals surface area contributed by atoms with Gasteiger partial charge in [-0.2, -0.15) is 0 Å². The molecule has 5 heteroatoms. The molecule has 0 N–H and O–H groups in total. The molecule has 0 radical (unpaired) electrons. The molecule has 0 spiro atoms. The maximum Gasteiger partial charge on any atom is 0.227 e. The molecule has 0 aliphatic carbocycles. The first-order chi connectivity index (χ1) is 18.6. The first-order valence-corrected chi connectivity index (χ1v) is 14.9. The Balaban J connectivity index is 1.44. The van der Waals surface area contributed by atoms with Gasteiger partial charge in [0.1, 0.15) is 5.82 Å². The Bertz CT molecular complexity index is 1340. The van der Waals surface area contributed by atoms with Crippen molar-refractivity contribution in [1.82, 2.24) is 4.90 Å². The molecule has 1 saturated heterocycles. The maximum absolute atomic E-state index is 14.0. The lowest BCUT2D eigenvalue weighted by molar-refractivity contribution is -0.133. The predicted molar refractivity (Wildman–Crippen MR) is 156 cm³/mol. The molecule has 4 aromatic rings. The van der Waals surface area contributed by atoms with Crippen molar-refractivity contribution in [3.05, 3.63) is 127 Å². The molecule has 4 aromatic carbocycles. The molecule has 0 atom stereocenters. The van der Waals surface area contributed by atoms with Crippen LogP contribution in [0.2, 0.25) is 0 Å². The summed E-state index contributed by atoms with van der Waals surface area (Å²) >= 11 is 0. The number of ketones is 1. The van der Waals surface area contributed by atoms with Crippen molar-refractivity contribution in [3.8, 4) is 0 Å². The Hall–Kier alpha value is -3.75. The van der Waals surface area contributed by atoms with Crippen molar-refractivity contribution >= 4 is 40.3 Å². The SMILES string of the molecule is O=C(C=P(c1ccccc1)(c1ccccc1)c1ccccc1)C1CCN(C(=O)Cc2ccccc2F)CC1. The highest BCUT2D eigenvalue weighted by molar-refractivity contribution is 7.95. The summed E-state index contributed by atoms with van der Waals surface area (Å²) in [6.45, 7) is -1.35. The number of hydrogen-bond acceptors (Lipinski definition) is 2. The molecule has 192 valence electrons. The third-order valence-corrected chi connectivity index (χ3v) is 11.3. The van der Waals surface area contributed by atoms with E-state index in [1.165, 1.54) is 6.07 Å². The Morgan fingerprint density at radius 1 is 0.711 bits per heavy atom. The topological polar surface area (TPSA) is 37.4 Å². The molecular weight excluding hydrogens is 492 g/mol. The van der Waals surface area contributed by atoms with Crippen LogP contribution in [0.5, 0.6) is 0 Å².